The van der Waals surface area contributed by atoms with Gasteiger partial charge < -0.3 is 10.6 Å². The summed E-state index contributed by atoms with van der Waals surface area (Å²) in [5.74, 6) is -0.299. The van der Waals surface area contributed by atoms with Crippen molar-refractivity contribution >= 4 is 50.5 Å². The smallest absolute Gasteiger partial charge is 0.243 e. The molecule has 0 atom stereocenters. The Hall–Kier alpha value is -1.80. The van der Waals surface area contributed by atoms with Gasteiger partial charge in [0.15, 0.2) is 0 Å². The number of carbonyl (C=O) groups is 1. The van der Waals surface area contributed by atoms with Crippen LogP contribution in [0.1, 0.15) is 24.8 Å². The van der Waals surface area contributed by atoms with Gasteiger partial charge in [-0.05, 0) is 55.7 Å². The van der Waals surface area contributed by atoms with Crippen LogP contribution in [0.4, 0.5) is 11.4 Å². The van der Waals surface area contributed by atoms with Crippen molar-refractivity contribution in [3.63, 3.8) is 0 Å². The first-order valence-electron chi connectivity index (χ1n) is 9.37. The maximum atomic E-state index is 12.9. The third-order valence-corrected chi connectivity index (χ3v) is 7.44. The molecule has 0 unspecified atom stereocenters. The van der Waals surface area contributed by atoms with Crippen LogP contribution in [0.25, 0.3) is 0 Å². The van der Waals surface area contributed by atoms with Gasteiger partial charge in [0, 0.05) is 24.5 Å². The van der Waals surface area contributed by atoms with E-state index in [2.05, 4.69) is 10.6 Å². The summed E-state index contributed by atoms with van der Waals surface area (Å²) in [5.41, 5.74) is 1.92. The number of rotatable bonds is 6. The summed E-state index contributed by atoms with van der Waals surface area (Å²) in [6.07, 6.45) is 2.79. The number of sulfonamides is 1. The first kappa shape index (κ1) is 21.9. The van der Waals surface area contributed by atoms with Crippen molar-refractivity contribution in [2.75, 3.05) is 30.3 Å². The molecule has 1 aliphatic rings. The molecule has 3 rings (SSSR count). The molecule has 0 spiro atoms. The van der Waals surface area contributed by atoms with Gasteiger partial charge in [0.25, 0.3) is 0 Å². The minimum absolute atomic E-state index is 0.000500. The third kappa shape index (κ3) is 5.42. The van der Waals surface area contributed by atoms with Crippen LogP contribution < -0.4 is 10.6 Å². The fraction of sp³-hybridized carbons (Fsp3) is 0.350. The SMILES string of the molecule is Cc1ccc(S(=O)(=O)N2CCCCC2)cc1NC(=O)CNc1ccc(Cl)c(Cl)c1. The highest BCUT2D eigenvalue weighted by Gasteiger charge is 2.26. The Balaban J connectivity index is 1.69. The minimum atomic E-state index is -3.56. The molecule has 2 N–H and O–H groups in total. The third-order valence-electron chi connectivity index (χ3n) is 4.81. The first-order chi connectivity index (χ1) is 13.8. The Morgan fingerprint density at radius 2 is 1.76 bits per heavy atom. The van der Waals surface area contributed by atoms with Crippen molar-refractivity contribution in [1.29, 1.82) is 0 Å². The highest BCUT2D eigenvalue weighted by Crippen LogP contribution is 2.26. The monoisotopic (exact) mass is 455 g/mol. The number of amides is 1. The van der Waals surface area contributed by atoms with Crippen LogP contribution in [-0.4, -0.2) is 38.3 Å². The van der Waals surface area contributed by atoms with Crippen LogP contribution in [0, 0.1) is 6.92 Å². The lowest BCUT2D eigenvalue weighted by atomic mass is 10.2. The number of piperidine rings is 1. The number of nitrogens with one attached hydrogen (secondary N) is 2. The fourth-order valence-electron chi connectivity index (χ4n) is 3.13. The van der Waals surface area contributed by atoms with Gasteiger partial charge in [-0.3, -0.25) is 4.79 Å². The van der Waals surface area contributed by atoms with Crippen LogP contribution in [0.15, 0.2) is 41.3 Å². The summed E-state index contributed by atoms with van der Waals surface area (Å²) in [6, 6.07) is 9.81. The molecular formula is C20H23Cl2N3O3S. The molecule has 2 aromatic rings. The quantitative estimate of drug-likeness (QED) is 0.670. The van der Waals surface area contributed by atoms with E-state index in [-0.39, 0.29) is 17.3 Å². The maximum Gasteiger partial charge on any atom is 0.243 e. The van der Waals surface area contributed by atoms with Crippen molar-refractivity contribution in [3.05, 3.63) is 52.0 Å². The summed E-state index contributed by atoms with van der Waals surface area (Å²) >= 11 is 11.9. The molecule has 9 heteroatoms. The van der Waals surface area contributed by atoms with E-state index in [1.54, 1.807) is 30.3 Å². The van der Waals surface area contributed by atoms with E-state index in [9.17, 15) is 13.2 Å². The van der Waals surface area contributed by atoms with Crippen LogP contribution in [-0.2, 0) is 14.8 Å². The highest BCUT2D eigenvalue weighted by atomic mass is 35.5. The van der Waals surface area contributed by atoms with E-state index in [0.29, 0.717) is 34.5 Å². The van der Waals surface area contributed by atoms with Crippen LogP contribution in [0.2, 0.25) is 10.0 Å². The topological polar surface area (TPSA) is 78.5 Å². The van der Waals surface area contributed by atoms with Crippen molar-refractivity contribution < 1.29 is 13.2 Å². The van der Waals surface area contributed by atoms with Crippen molar-refractivity contribution in [3.8, 4) is 0 Å². The van der Waals surface area contributed by atoms with Crippen molar-refractivity contribution in [2.24, 2.45) is 0 Å². The minimum Gasteiger partial charge on any atom is -0.376 e. The molecule has 1 heterocycles. The summed E-state index contributed by atoms with van der Waals surface area (Å²) in [7, 11) is -3.56. The lowest BCUT2D eigenvalue weighted by Crippen LogP contribution is -2.35. The van der Waals surface area contributed by atoms with E-state index < -0.39 is 10.0 Å². The first-order valence-corrected chi connectivity index (χ1v) is 11.6. The Kier molecular flexibility index (Phi) is 7.05. The number of halogens is 2. The second-order valence-electron chi connectivity index (χ2n) is 6.97. The Morgan fingerprint density at radius 3 is 2.45 bits per heavy atom. The second kappa shape index (κ2) is 9.34. The summed E-state index contributed by atoms with van der Waals surface area (Å²) in [5, 5.41) is 6.57. The van der Waals surface area contributed by atoms with E-state index in [1.807, 2.05) is 6.92 Å². The molecule has 156 valence electrons. The summed E-state index contributed by atoms with van der Waals surface area (Å²) in [4.78, 5) is 12.6. The second-order valence-corrected chi connectivity index (χ2v) is 9.72. The number of hydrogen-bond acceptors (Lipinski definition) is 4. The number of hydrogen-bond donors (Lipinski definition) is 2. The molecule has 6 nitrogen and oxygen atoms in total. The van der Waals surface area contributed by atoms with E-state index in [4.69, 9.17) is 23.2 Å². The average Bonchev–Trinajstić information content (AvgIpc) is 2.71. The van der Waals surface area contributed by atoms with Crippen LogP contribution >= 0.6 is 23.2 Å². The van der Waals surface area contributed by atoms with E-state index >= 15 is 0 Å². The fourth-order valence-corrected chi connectivity index (χ4v) is 4.98. The number of nitrogens with zero attached hydrogens (tertiary/aromatic N) is 1. The molecule has 1 saturated heterocycles. The van der Waals surface area contributed by atoms with Crippen molar-refractivity contribution in [1.82, 2.24) is 4.31 Å². The predicted octanol–water partition coefficient (Wildman–Crippen LogP) is 4.53. The van der Waals surface area contributed by atoms with Gasteiger partial charge in [-0.15, -0.1) is 0 Å². The molecule has 1 aliphatic heterocycles. The number of aryl methyl sites for hydroxylation is 1. The number of carbonyl (C=O) groups excluding carboxylic acids is 1. The molecule has 0 saturated carbocycles. The van der Waals surface area contributed by atoms with Gasteiger partial charge in [0.2, 0.25) is 15.9 Å². The highest BCUT2D eigenvalue weighted by molar-refractivity contribution is 7.89. The molecular weight excluding hydrogens is 433 g/mol. The summed E-state index contributed by atoms with van der Waals surface area (Å²) in [6.45, 7) is 2.89. The zero-order chi connectivity index (χ0) is 21.0. The van der Waals surface area contributed by atoms with Gasteiger partial charge in [-0.1, -0.05) is 35.7 Å². The molecule has 29 heavy (non-hydrogen) atoms. The van der Waals surface area contributed by atoms with Crippen LogP contribution in [0.3, 0.4) is 0 Å². The van der Waals surface area contributed by atoms with Gasteiger partial charge in [0.05, 0.1) is 21.5 Å². The standard InChI is InChI=1S/C20H23Cl2N3O3S/c1-14-5-7-16(29(27,28)25-9-3-2-4-10-25)12-19(14)24-20(26)13-23-15-6-8-17(21)18(22)11-15/h5-8,11-12,23H,2-4,9-10,13H2,1H3,(H,24,26). The number of anilines is 2. The predicted molar refractivity (Wildman–Crippen MR) is 117 cm³/mol. The van der Waals surface area contributed by atoms with E-state index in [0.717, 1.165) is 24.8 Å². The van der Waals surface area contributed by atoms with Crippen molar-refractivity contribution in [2.45, 2.75) is 31.1 Å². The van der Waals surface area contributed by atoms with Gasteiger partial charge in [-0.2, -0.15) is 4.31 Å². The number of benzene rings is 2. The largest absolute Gasteiger partial charge is 0.376 e. The molecule has 0 bridgehead atoms. The van der Waals surface area contributed by atoms with Gasteiger partial charge >= 0.3 is 0 Å². The molecule has 0 radical (unpaired) electrons. The molecule has 0 aliphatic carbocycles. The molecule has 1 fully saturated rings. The molecule has 0 aromatic heterocycles. The summed E-state index contributed by atoms with van der Waals surface area (Å²) < 4.78 is 27.3. The zero-order valence-electron chi connectivity index (χ0n) is 16.0. The van der Waals surface area contributed by atoms with Gasteiger partial charge in [-0.25, -0.2) is 8.42 Å². The Morgan fingerprint density at radius 1 is 1.03 bits per heavy atom. The Labute approximate surface area is 181 Å². The van der Waals surface area contributed by atoms with E-state index in [1.165, 1.54) is 10.4 Å². The average molecular weight is 456 g/mol. The lowest BCUT2D eigenvalue weighted by molar-refractivity contribution is -0.114. The maximum absolute atomic E-state index is 12.9. The van der Waals surface area contributed by atoms with Gasteiger partial charge in [0.1, 0.15) is 0 Å². The molecule has 2 aromatic carbocycles. The normalized spacial score (nSPS) is 15.1. The zero-order valence-corrected chi connectivity index (χ0v) is 18.4. The van der Waals surface area contributed by atoms with Crippen LogP contribution in [0.5, 0.6) is 0 Å². The Bertz CT molecular complexity index is 1010. The lowest BCUT2D eigenvalue weighted by Gasteiger charge is -2.26. The molecule has 1 amide bonds.